The van der Waals surface area contributed by atoms with Gasteiger partial charge in [0.05, 0.1) is 11.1 Å². The van der Waals surface area contributed by atoms with Crippen molar-refractivity contribution in [2.45, 2.75) is 0 Å². The lowest BCUT2D eigenvalue weighted by Crippen LogP contribution is -1.78. The van der Waals surface area contributed by atoms with Crippen LogP contribution in [-0.4, -0.2) is 11.3 Å². The van der Waals surface area contributed by atoms with Gasteiger partial charge in [0, 0.05) is 17.1 Å². The lowest BCUT2D eigenvalue weighted by Gasteiger charge is -1.91. The van der Waals surface area contributed by atoms with Gasteiger partial charge >= 0.3 is 0 Å². The van der Waals surface area contributed by atoms with Gasteiger partial charge in [0.1, 0.15) is 6.07 Å². The number of benzene rings is 1. The summed E-state index contributed by atoms with van der Waals surface area (Å²) in [6.07, 6.45) is 2.39. The van der Waals surface area contributed by atoms with Crippen LogP contribution >= 0.6 is 0 Å². The second kappa shape index (κ2) is 2.76. The normalized spacial score (nSPS) is 9.77. The molecule has 62 valence electrons. The number of hydrogen-bond donors (Lipinski definition) is 1. The molecule has 0 bridgehead atoms. The van der Waals surface area contributed by atoms with Crippen LogP contribution in [0.25, 0.3) is 10.9 Å². The monoisotopic (exact) mass is 170 g/mol. The van der Waals surface area contributed by atoms with Gasteiger partial charge in [0.15, 0.2) is 6.29 Å². The van der Waals surface area contributed by atoms with Gasteiger partial charge < -0.3 is 4.98 Å². The van der Waals surface area contributed by atoms with Gasteiger partial charge in [-0.25, -0.2) is 0 Å². The molecule has 0 radical (unpaired) electrons. The summed E-state index contributed by atoms with van der Waals surface area (Å²) in [6, 6.07) is 7.36. The number of para-hydroxylation sites is 1. The first kappa shape index (κ1) is 7.56. The highest BCUT2D eigenvalue weighted by Gasteiger charge is 2.05. The minimum atomic E-state index is 0.561. The van der Waals surface area contributed by atoms with E-state index in [0.717, 1.165) is 17.2 Å². The number of nitrogens with one attached hydrogen (secondary N) is 1. The van der Waals surface area contributed by atoms with Gasteiger partial charge in [-0.2, -0.15) is 5.26 Å². The molecule has 0 aliphatic heterocycles. The summed E-state index contributed by atoms with van der Waals surface area (Å²) in [5.74, 6) is 0. The number of aromatic amines is 1. The summed E-state index contributed by atoms with van der Waals surface area (Å²) >= 11 is 0. The number of fused-ring (bicyclic) bond motifs is 1. The van der Waals surface area contributed by atoms with Crippen LogP contribution in [0.1, 0.15) is 15.9 Å². The average Bonchev–Trinajstić information content (AvgIpc) is 2.60. The third-order valence-corrected chi connectivity index (χ3v) is 1.99. The zero-order chi connectivity index (χ0) is 9.26. The lowest BCUT2D eigenvalue weighted by molar-refractivity contribution is 0.112. The molecule has 1 heterocycles. The van der Waals surface area contributed by atoms with Gasteiger partial charge in [-0.05, 0) is 6.07 Å². The van der Waals surface area contributed by atoms with Gasteiger partial charge in [-0.1, -0.05) is 12.1 Å². The second-order valence-electron chi connectivity index (χ2n) is 2.70. The Balaban J connectivity index is 2.88. The Labute approximate surface area is 74.6 Å². The van der Waals surface area contributed by atoms with Crippen molar-refractivity contribution in [3.63, 3.8) is 0 Å². The van der Waals surface area contributed by atoms with E-state index in [4.69, 9.17) is 5.26 Å². The third kappa shape index (κ3) is 1.00. The maximum absolute atomic E-state index is 10.6. The zero-order valence-corrected chi connectivity index (χ0v) is 6.74. The van der Waals surface area contributed by atoms with Crippen molar-refractivity contribution in [3.05, 3.63) is 35.5 Å². The molecule has 3 heteroatoms. The first-order valence-electron chi connectivity index (χ1n) is 3.82. The highest BCUT2D eigenvalue weighted by molar-refractivity contribution is 5.99. The molecule has 0 unspecified atom stereocenters. The average molecular weight is 170 g/mol. The Morgan fingerprint density at radius 2 is 2.31 bits per heavy atom. The van der Waals surface area contributed by atoms with Crippen LogP contribution in [0.2, 0.25) is 0 Å². The fourth-order valence-corrected chi connectivity index (χ4v) is 1.37. The lowest BCUT2D eigenvalue weighted by atomic mass is 10.1. The molecule has 1 N–H and O–H groups in total. The number of hydrogen-bond acceptors (Lipinski definition) is 2. The standard InChI is InChI=1S/C10H6N2O/c11-4-7-2-1-3-9-8(6-13)5-12-10(7)9/h1-3,5-6,12H. The maximum Gasteiger partial charge on any atom is 0.152 e. The van der Waals surface area contributed by atoms with E-state index in [2.05, 4.69) is 11.1 Å². The third-order valence-electron chi connectivity index (χ3n) is 1.99. The smallest absolute Gasteiger partial charge is 0.152 e. The first-order chi connectivity index (χ1) is 6.36. The van der Waals surface area contributed by atoms with Crippen LogP contribution in [0, 0.1) is 11.3 Å². The molecule has 0 aliphatic carbocycles. The highest BCUT2D eigenvalue weighted by atomic mass is 16.1. The molecule has 2 aromatic rings. The van der Waals surface area contributed by atoms with Gasteiger partial charge in [0.2, 0.25) is 0 Å². The van der Waals surface area contributed by atoms with E-state index in [0.29, 0.717) is 11.1 Å². The van der Waals surface area contributed by atoms with Crippen molar-refractivity contribution in [2.75, 3.05) is 0 Å². The predicted molar refractivity (Wildman–Crippen MR) is 48.4 cm³/mol. The quantitative estimate of drug-likeness (QED) is 0.664. The molecule has 3 nitrogen and oxygen atoms in total. The van der Waals surface area contributed by atoms with Crippen molar-refractivity contribution in [3.8, 4) is 6.07 Å². The Kier molecular flexibility index (Phi) is 1.60. The molecule has 0 aliphatic rings. The maximum atomic E-state index is 10.6. The Morgan fingerprint density at radius 1 is 1.46 bits per heavy atom. The molecule has 0 saturated heterocycles. The number of rotatable bonds is 1. The van der Waals surface area contributed by atoms with Crippen LogP contribution in [0.3, 0.4) is 0 Å². The number of nitrogens with zero attached hydrogens (tertiary/aromatic N) is 1. The topological polar surface area (TPSA) is 56.6 Å². The molecule has 1 aromatic carbocycles. The van der Waals surface area contributed by atoms with Crippen LogP contribution in [0.4, 0.5) is 0 Å². The van der Waals surface area contributed by atoms with Crippen molar-refractivity contribution in [2.24, 2.45) is 0 Å². The second-order valence-corrected chi connectivity index (χ2v) is 2.70. The van der Waals surface area contributed by atoms with Crippen molar-refractivity contribution >= 4 is 17.2 Å². The molecule has 0 saturated carbocycles. The number of aromatic nitrogens is 1. The molecular weight excluding hydrogens is 164 g/mol. The molecule has 0 spiro atoms. The van der Waals surface area contributed by atoms with Crippen molar-refractivity contribution < 1.29 is 4.79 Å². The summed E-state index contributed by atoms with van der Waals surface area (Å²) in [6.45, 7) is 0. The van der Waals surface area contributed by atoms with E-state index >= 15 is 0 Å². The SMILES string of the molecule is N#Cc1cccc2c(C=O)c[nH]c12. The molecule has 1 aromatic heterocycles. The summed E-state index contributed by atoms with van der Waals surface area (Å²) in [7, 11) is 0. The number of carbonyl (C=O) groups is 1. The van der Waals surface area contributed by atoms with Crippen molar-refractivity contribution in [1.29, 1.82) is 5.26 Å². The molecule has 0 atom stereocenters. The van der Waals surface area contributed by atoms with Crippen LogP contribution < -0.4 is 0 Å². The van der Waals surface area contributed by atoms with E-state index in [-0.39, 0.29) is 0 Å². The van der Waals surface area contributed by atoms with E-state index in [9.17, 15) is 4.79 Å². The zero-order valence-electron chi connectivity index (χ0n) is 6.74. The number of nitriles is 1. The van der Waals surface area contributed by atoms with Gasteiger partial charge in [-0.3, -0.25) is 4.79 Å². The number of H-pyrrole nitrogens is 1. The molecule has 0 amide bonds. The van der Waals surface area contributed by atoms with E-state index in [1.807, 2.05) is 6.07 Å². The van der Waals surface area contributed by atoms with Gasteiger partial charge in [-0.15, -0.1) is 0 Å². The summed E-state index contributed by atoms with van der Waals surface area (Å²) in [5.41, 5.74) is 1.88. The summed E-state index contributed by atoms with van der Waals surface area (Å²) in [4.78, 5) is 13.5. The van der Waals surface area contributed by atoms with Gasteiger partial charge in [0.25, 0.3) is 0 Å². The number of carbonyl (C=O) groups excluding carboxylic acids is 1. The predicted octanol–water partition coefficient (Wildman–Crippen LogP) is 1.85. The largest absolute Gasteiger partial charge is 0.359 e. The molecular formula is C10H6N2O. The van der Waals surface area contributed by atoms with E-state index in [1.165, 1.54) is 0 Å². The minimum absolute atomic E-state index is 0.561. The first-order valence-corrected chi connectivity index (χ1v) is 3.82. The fraction of sp³-hybridized carbons (Fsp3) is 0. The van der Waals surface area contributed by atoms with Crippen molar-refractivity contribution in [1.82, 2.24) is 4.98 Å². The number of aldehydes is 1. The summed E-state index contributed by atoms with van der Waals surface area (Å²) < 4.78 is 0. The summed E-state index contributed by atoms with van der Waals surface area (Å²) in [5, 5.41) is 9.56. The highest BCUT2D eigenvalue weighted by Crippen LogP contribution is 2.19. The molecule has 0 fully saturated rings. The minimum Gasteiger partial charge on any atom is -0.359 e. The van der Waals surface area contributed by atoms with Crippen LogP contribution in [0.15, 0.2) is 24.4 Å². The van der Waals surface area contributed by atoms with E-state index in [1.54, 1.807) is 18.3 Å². The van der Waals surface area contributed by atoms with Crippen LogP contribution in [-0.2, 0) is 0 Å². The Hall–Kier alpha value is -2.08. The molecule has 13 heavy (non-hydrogen) atoms. The fourth-order valence-electron chi connectivity index (χ4n) is 1.37. The molecule has 2 rings (SSSR count). The Bertz CT molecular complexity index is 505. The van der Waals surface area contributed by atoms with Crippen LogP contribution in [0.5, 0.6) is 0 Å². The Morgan fingerprint density at radius 3 is 3.00 bits per heavy atom. The van der Waals surface area contributed by atoms with E-state index < -0.39 is 0 Å².